The van der Waals surface area contributed by atoms with E-state index < -0.39 is 0 Å². The molecule has 0 heterocycles. The monoisotopic (exact) mass is 224 g/mol. The lowest BCUT2D eigenvalue weighted by molar-refractivity contribution is 0.418. The van der Waals surface area contributed by atoms with Gasteiger partial charge < -0.3 is 5.73 Å². The van der Waals surface area contributed by atoms with Crippen LogP contribution in [-0.4, -0.2) is 11.4 Å². The zero-order valence-corrected chi connectivity index (χ0v) is 10.5. The van der Waals surface area contributed by atoms with Gasteiger partial charge >= 0.3 is 0 Å². The third kappa shape index (κ3) is 4.69. The number of thioether (sulfide) groups is 1. The summed E-state index contributed by atoms with van der Waals surface area (Å²) in [7, 11) is 0. The van der Waals surface area contributed by atoms with E-state index >= 15 is 0 Å². The Hall–Kier alpha value is -0.510. The molecule has 0 fully saturated rings. The topological polar surface area (TPSA) is 38.0 Å². The molecule has 0 aliphatic carbocycles. The van der Waals surface area contributed by atoms with E-state index in [1.165, 1.54) is 5.56 Å². The van der Waals surface area contributed by atoms with Crippen molar-refractivity contribution in [2.24, 2.45) is 5.73 Å². The highest BCUT2D eigenvalue weighted by Crippen LogP contribution is 2.26. The molecule has 0 bridgehead atoms. The molecule has 3 N–H and O–H groups in total. The lowest BCUT2D eigenvalue weighted by atomic mass is 10.1. The molecule has 1 aromatic carbocycles. The smallest absolute Gasteiger partial charge is 0.0806 e. The van der Waals surface area contributed by atoms with E-state index in [0.717, 1.165) is 0 Å². The highest BCUT2D eigenvalue weighted by molar-refractivity contribution is 7.99. The fourth-order valence-electron chi connectivity index (χ4n) is 1.34. The van der Waals surface area contributed by atoms with E-state index in [9.17, 15) is 0 Å². The number of rotatable bonds is 4. The number of hydrogen-bond acceptors (Lipinski definition) is 3. The quantitative estimate of drug-likeness (QED) is 0.772. The molecule has 84 valence electrons. The standard InChI is InChI=1S/C12H20N2S/c1-12(2,3)14-11(15-9-13)10-7-5-4-6-8-10/h4-8,11,14H,9,13H2,1-3H3. The second kappa shape index (κ2) is 5.54. The highest BCUT2D eigenvalue weighted by Gasteiger charge is 2.18. The second-order valence-electron chi connectivity index (χ2n) is 4.52. The summed E-state index contributed by atoms with van der Waals surface area (Å²) in [6.45, 7) is 6.50. The summed E-state index contributed by atoms with van der Waals surface area (Å²) in [5.41, 5.74) is 6.99. The van der Waals surface area contributed by atoms with Crippen LogP contribution in [0.4, 0.5) is 0 Å². The van der Waals surface area contributed by atoms with Gasteiger partial charge in [-0.3, -0.25) is 5.32 Å². The first-order valence-corrected chi connectivity index (χ1v) is 6.22. The van der Waals surface area contributed by atoms with Gasteiger partial charge in [0, 0.05) is 11.4 Å². The Morgan fingerprint density at radius 3 is 2.33 bits per heavy atom. The molecule has 2 nitrogen and oxygen atoms in total. The summed E-state index contributed by atoms with van der Waals surface area (Å²) in [4.78, 5) is 0. The Kier molecular flexibility index (Phi) is 4.64. The Balaban J connectivity index is 2.75. The van der Waals surface area contributed by atoms with Crippen LogP contribution in [0.2, 0.25) is 0 Å². The van der Waals surface area contributed by atoms with Gasteiger partial charge in [-0.1, -0.05) is 30.3 Å². The summed E-state index contributed by atoms with van der Waals surface area (Å²) >= 11 is 1.72. The number of nitrogens with one attached hydrogen (secondary N) is 1. The first-order valence-electron chi connectivity index (χ1n) is 5.17. The van der Waals surface area contributed by atoms with Gasteiger partial charge in [-0.25, -0.2) is 0 Å². The normalized spacial score (nSPS) is 13.9. The molecule has 3 heteroatoms. The van der Waals surface area contributed by atoms with Gasteiger partial charge in [-0.2, -0.15) is 0 Å². The van der Waals surface area contributed by atoms with Gasteiger partial charge in [-0.15, -0.1) is 11.8 Å². The molecule has 0 aromatic heterocycles. The number of benzene rings is 1. The second-order valence-corrected chi connectivity index (χ2v) is 5.66. The van der Waals surface area contributed by atoms with Crippen LogP contribution in [-0.2, 0) is 0 Å². The largest absolute Gasteiger partial charge is 0.322 e. The Morgan fingerprint density at radius 1 is 1.27 bits per heavy atom. The van der Waals surface area contributed by atoms with Gasteiger partial charge in [0.2, 0.25) is 0 Å². The summed E-state index contributed by atoms with van der Waals surface area (Å²) in [5, 5.41) is 3.83. The SMILES string of the molecule is CC(C)(C)NC(SCN)c1ccccc1. The van der Waals surface area contributed by atoms with Crippen LogP contribution in [0.15, 0.2) is 30.3 Å². The fourth-order valence-corrected chi connectivity index (χ4v) is 2.32. The van der Waals surface area contributed by atoms with Gasteiger partial charge in [0.05, 0.1) is 5.37 Å². The van der Waals surface area contributed by atoms with E-state index in [0.29, 0.717) is 5.88 Å². The first-order chi connectivity index (χ1) is 7.03. The van der Waals surface area contributed by atoms with E-state index in [1.807, 2.05) is 6.07 Å². The molecular weight excluding hydrogens is 204 g/mol. The summed E-state index contributed by atoms with van der Waals surface area (Å²) in [6, 6.07) is 10.4. The van der Waals surface area contributed by atoms with Crippen molar-refractivity contribution >= 4 is 11.8 Å². The van der Waals surface area contributed by atoms with Crippen molar-refractivity contribution in [1.82, 2.24) is 5.32 Å². The molecule has 15 heavy (non-hydrogen) atoms. The maximum absolute atomic E-state index is 5.61. The van der Waals surface area contributed by atoms with Gasteiger partial charge in [0.15, 0.2) is 0 Å². The van der Waals surface area contributed by atoms with Crippen molar-refractivity contribution in [2.45, 2.75) is 31.7 Å². The van der Waals surface area contributed by atoms with Crippen molar-refractivity contribution in [3.63, 3.8) is 0 Å². The van der Waals surface area contributed by atoms with Gasteiger partial charge in [0.25, 0.3) is 0 Å². The van der Waals surface area contributed by atoms with Crippen molar-refractivity contribution in [3.8, 4) is 0 Å². The Morgan fingerprint density at radius 2 is 1.87 bits per heavy atom. The summed E-state index contributed by atoms with van der Waals surface area (Å²) < 4.78 is 0. The van der Waals surface area contributed by atoms with E-state index in [2.05, 4.69) is 50.4 Å². The zero-order chi connectivity index (χ0) is 11.3. The molecule has 0 saturated heterocycles. The lowest BCUT2D eigenvalue weighted by Crippen LogP contribution is -2.38. The average molecular weight is 224 g/mol. The fraction of sp³-hybridized carbons (Fsp3) is 0.500. The Labute approximate surface area is 96.6 Å². The average Bonchev–Trinajstić information content (AvgIpc) is 2.17. The highest BCUT2D eigenvalue weighted by atomic mass is 32.2. The molecule has 1 unspecified atom stereocenters. The van der Waals surface area contributed by atoms with Crippen LogP contribution in [0.1, 0.15) is 31.7 Å². The van der Waals surface area contributed by atoms with Crippen LogP contribution < -0.4 is 11.1 Å². The predicted octanol–water partition coefficient (Wildman–Crippen LogP) is 2.72. The van der Waals surface area contributed by atoms with Crippen LogP contribution in [0.25, 0.3) is 0 Å². The molecule has 0 aliphatic heterocycles. The molecule has 0 aliphatic rings. The third-order valence-electron chi connectivity index (χ3n) is 1.93. The minimum Gasteiger partial charge on any atom is -0.322 e. The summed E-state index contributed by atoms with van der Waals surface area (Å²) in [6.07, 6.45) is 0. The molecular formula is C12H20N2S. The van der Waals surface area contributed by atoms with Crippen molar-refractivity contribution in [3.05, 3.63) is 35.9 Å². The van der Waals surface area contributed by atoms with Gasteiger partial charge in [0.1, 0.15) is 0 Å². The van der Waals surface area contributed by atoms with Gasteiger partial charge in [-0.05, 0) is 26.3 Å². The number of hydrogen-bond donors (Lipinski definition) is 2. The minimum absolute atomic E-state index is 0.0999. The first kappa shape index (κ1) is 12.6. The molecule has 1 aromatic rings. The van der Waals surface area contributed by atoms with Crippen LogP contribution >= 0.6 is 11.8 Å². The maximum Gasteiger partial charge on any atom is 0.0806 e. The van der Waals surface area contributed by atoms with E-state index in [4.69, 9.17) is 5.73 Å². The zero-order valence-electron chi connectivity index (χ0n) is 9.66. The summed E-state index contributed by atoms with van der Waals surface area (Å²) in [5.74, 6) is 0.628. The predicted molar refractivity (Wildman–Crippen MR) is 68.7 cm³/mol. The Bertz CT molecular complexity index is 279. The molecule has 1 rings (SSSR count). The molecule has 0 spiro atoms. The molecule has 0 saturated carbocycles. The molecule has 0 amide bonds. The number of nitrogens with two attached hydrogens (primary N) is 1. The van der Waals surface area contributed by atoms with E-state index in [-0.39, 0.29) is 10.9 Å². The maximum atomic E-state index is 5.61. The third-order valence-corrected chi connectivity index (χ3v) is 2.85. The van der Waals surface area contributed by atoms with Crippen molar-refractivity contribution < 1.29 is 0 Å². The van der Waals surface area contributed by atoms with Crippen molar-refractivity contribution in [1.29, 1.82) is 0 Å². The molecule has 0 radical (unpaired) electrons. The molecule has 1 atom stereocenters. The lowest BCUT2D eigenvalue weighted by Gasteiger charge is -2.28. The van der Waals surface area contributed by atoms with Crippen LogP contribution in [0.3, 0.4) is 0 Å². The minimum atomic E-state index is 0.0999. The van der Waals surface area contributed by atoms with Crippen LogP contribution in [0, 0.1) is 0 Å². The van der Waals surface area contributed by atoms with Crippen molar-refractivity contribution in [2.75, 3.05) is 5.88 Å². The van der Waals surface area contributed by atoms with E-state index in [1.54, 1.807) is 11.8 Å². The van der Waals surface area contributed by atoms with Crippen LogP contribution in [0.5, 0.6) is 0 Å².